The molecule has 0 amide bonds. The second-order valence-electron chi connectivity index (χ2n) is 3.73. The van der Waals surface area contributed by atoms with Gasteiger partial charge in [-0.25, -0.2) is 9.97 Å². The third-order valence-corrected chi connectivity index (χ3v) is 2.50. The van der Waals surface area contributed by atoms with Crippen LogP contribution in [0.15, 0.2) is 6.07 Å². The van der Waals surface area contributed by atoms with Gasteiger partial charge in [-0.05, 0) is 19.8 Å². The van der Waals surface area contributed by atoms with Crippen LogP contribution in [0.25, 0.3) is 0 Å². The van der Waals surface area contributed by atoms with Crippen molar-refractivity contribution >= 4 is 5.82 Å². The van der Waals surface area contributed by atoms with E-state index < -0.39 is 0 Å². The Morgan fingerprint density at radius 1 is 1.50 bits per heavy atom. The second kappa shape index (κ2) is 3.53. The van der Waals surface area contributed by atoms with E-state index in [1.807, 2.05) is 13.0 Å². The fraction of sp³-hybridized carbons (Fsp3) is 0.600. The highest BCUT2D eigenvalue weighted by molar-refractivity contribution is 5.33. The number of hydrogen-bond donors (Lipinski definition) is 1. The average Bonchev–Trinajstić information content (AvgIpc) is 2.98. The summed E-state index contributed by atoms with van der Waals surface area (Å²) in [5.74, 6) is 1.83. The van der Waals surface area contributed by atoms with E-state index in [9.17, 15) is 0 Å². The maximum absolute atomic E-state index is 5.71. The molecular formula is C10H15N3O. The van der Waals surface area contributed by atoms with Crippen molar-refractivity contribution in [3.05, 3.63) is 17.6 Å². The van der Waals surface area contributed by atoms with Gasteiger partial charge in [0.25, 0.3) is 0 Å². The summed E-state index contributed by atoms with van der Waals surface area (Å²) in [4.78, 5) is 8.61. The first kappa shape index (κ1) is 9.40. The van der Waals surface area contributed by atoms with E-state index in [0.29, 0.717) is 17.6 Å². The van der Waals surface area contributed by atoms with Gasteiger partial charge in [0, 0.05) is 24.8 Å². The van der Waals surface area contributed by atoms with Crippen molar-refractivity contribution < 1.29 is 4.74 Å². The predicted octanol–water partition coefficient (Wildman–Crippen LogP) is 1.64. The molecule has 2 N–H and O–H groups in total. The van der Waals surface area contributed by atoms with Gasteiger partial charge in [0.1, 0.15) is 11.9 Å². The lowest BCUT2D eigenvalue weighted by atomic mass is 10.2. The quantitative estimate of drug-likeness (QED) is 0.792. The standard InChI is InChI=1S/C10H15N3O/c1-6(14-2)10-12-8(7-3-4-7)5-9(11)13-10/h5-7H,3-4H2,1-2H3,(H2,11,12,13). The molecule has 76 valence electrons. The Morgan fingerprint density at radius 3 is 2.79 bits per heavy atom. The van der Waals surface area contributed by atoms with Gasteiger partial charge in [-0.1, -0.05) is 0 Å². The van der Waals surface area contributed by atoms with E-state index in [1.165, 1.54) is 12.8 Å². The molecule has 0 radical (unpaired) electrons. The van der Waals surface area contributed by atoms with Crippen LogP contribution >= 0.6 is 0 Å². The van der Waals surface area contributed by atoms with Gasteiger partial charge in [0.2, 0.25) is 0 Å². The largest absolute Gasteiger partial charge is 0.384 e. The molecule has 14 heavy (non-hydrogen) atoms. The molecule has 0 aromatic carbocycles. The Labute approximate surface area is 83.5 Å². The molecule has 1 aliphatic carbocycles. The lowest BCUT2D eigenvalue weighted by Gasteiger charge is -2.09. The van der Waals surface area contributed by atoms with Crippen molar-refractivity contribution in [3.8, 4) is 0 Å². The molecule has 1 unspecified atom stereocenters. The maximum Gasteiger partial charge on any atom is 0.159 e. The molecule has 4 heteroatoms. The summed E-state index contributed by atoms with van der Waals surface area (Å²) in [6.07, 6.45) is 2.35. The Bertz CT molecular complexity index is 336. The molecular weight excluding hydrogens is 178 g/mol. The summed E-state index contributed by atoms with van der Waals surface area (Å²) in [5, 5.41) is 0. The third-order valence-electron chi connectivity index (χ3n) is 2.50. The number of nitrogens with two attached hydrogens (primary N) is 1. The molecule has 0 saturated heterocycles. The van der Waals surface area contributed by atoms with Gasteiger partial charge in [0.05, 0.1) is 0 Å². The lowest BCUT2D eigenvalue weighted by molar-refractivity contribution is 0.112. The number of hydrogen-bond acceptors (Lipinski definition) is 4. The molecule has 1 aliphatic rings. The summed E-state index contributed by atoms with van der Waals surface area (Å²) in [5.41, 5.74) is 6.78. The van der Waals surface area contributed by atoms with Crippen LogP contribution in [0.3, 0.4) is 0 Å². The summed E-state index contributed by atoms with van der Waals surface area (Å²) in [7, 11) is 1.65. The van der Waals surface area contributed by atoms with E-state index in [0.717, 1.165) is 5.69 Å². The normalized spacial score (nSPS) is 18.1. The van der Waals surface area contributed by atoms with Crippen LogP contribution in [0.4, 0.5) is 5.82 Å². The highest BCUT2D eigenvalue weighted by Crippen LogP contribution is 2.39. The fourth-order valence-electron chi connectivity index (χ4n) is 1.38. The van der Waals surface area contributed by atoms with Gasteiger partial charge in [0.15, 0.2) is 5.82 Å². The third kappa shape index (κ3) is 1.85. The summed E-state index contributed by atoms with van der Waals surface area (Å²) in [6, 6.07) is 1.86. The molecule has 2 rings (SSSR count). The molecule has 0 spiro atoms. The Balaban J connectivity index is 2.30. The number of methoxy groups -OCH3 is 1. The van der Waals surface area contributed by atoms with Crippen molar-refractivity contribution in [1.82, 2.24) is 9.97 Å². The van der Waals surface area contributed by atoms with Gasteiger partial charge in [-0.3, -0.25) is 0 Å². The van der Waals surface area contributed by atoms with E-state index in [4.69, 9.17) is 10.5 Å². The zero-order valence-electron chi connectivity index (χ0n) is 8.53. The van der Waals surface area contributed by atoms with Crippen LogP contribution in [0.2, 0.25) is 0 Å². The molecule has 4 nitrogen and oxygen atoms in total. The number of nitrogen functional groups attached to an aromatic ring is 1. The van der Waals surface area contributed by atoms with Gasteiger partial charge in [-0.15, -0.1) is 0 Å². The Morgan fingerprint density at radius 2 is 2.21 bits per heavy atom. The summed E-state index contributed by atoms with van der Waals surface area (Å²) >= 11 is 0. The molecule has 1 aromatic heterocycles. The predicted molar refractivity (Wildman–Crippen MR) is 53.8 cm³/mol. The van der Waals surface area contributed by atoms with Crippen molar-refractivity contribution in [2.24, 2.45) is 0 Å². The Kier molecular flexibility index (Phi) is 2.37. The maximum atomic E-state index is 5.71. The van der Waals surface area contributed by atoms with Crippen LogP contribution in [0.5, 0.6) is 0 Å². The van der Waals surface area contributed by atoms with E-state index in [2.05, 4.69) is 9.97 Å². The van der Waals surface area contributed by atoms with Crippen LogP contribution in [0, 0.1) is 0 Å². The number of aromatic nitrogens is 2. The molecule has 1 fully saturated rings. The number of anilines is 1. The highest BCUT2D eigenvalue weighted by atomic mass is 16.5. The molecule has 1 saturated carbocycles. The van der Waals surface area contributed by atoms with Crippen molar-refractivity contribution in [3.63, 3.8) is 0 Å². The average molecular weight is 193 g/mol. The second-order valence-corrected chi connectivity index (χ2v) is 3.73. The number of ether oxygens (including phenoxy) is 1. The minimum absolute atomic E-state index is 0.0870. The highest BCUT2D eigenvalue weighted by Gasteiger charge is 2.26. The zero-order valence-corrected chi connectivity index (χ0v) is 8.53. The molecule has 1 heterocycles. The smallest absolute Gasteiger partial charge is 0.159 e. The first-order valence-electron chi connectivity index (χ1n) is 4.88. The number of rotatable bonds is 3. The van der Waals surface area contributed by atoms with Crippen LogP contribution in [-0.4, -0.2) is 17.1 Å². The number of nitrogens with zero attached hydrogens (tertiary/aromatic N) is 2. The van der Waals surface area contributed by atoms with Crippen molar-refractivity contribution in [2.75, 3.05) is 12.8 Å². The van der Waals surface area contributed by atoms with Gasteiger partial charge in [-0.2, -0.15) is 0 Å². The topological polar surface area (TPSA) is 61.0 Å². The first-order chi connectivity index (χ1) is 6.70. The van der Waals surface area contributed by atoms with Crippen LogP contribution in [-0.2, 0) is 4.74 Å². The zero-order chi connectivity index (χ0) is 10.1. The van der Waals surface area contributed by atoms with Gasteiger partial charge >= 0.3 is 0 Å². The van der Waals surface area contributed by atoms with Crippen molar-refractivity contribution in [2.45, 2.75) is 31.8 Å². The van der Waals surface area contributed by atoms with E-state index in [1.54, 1.807) is 7.11 Å². The minimum Gasteiger partial charge on any atom is -0.384 e. The molecule has 1 aromatic rings. The lowest BCUT2D eigenvalue weighted by Crippen LogP contribution is -2.07. The first-order valence-corrected chi connectivity index (χ1v) is 4.88. The summed E-state index contributed by atoms with van der Waals surface area (Å²) in [6.45, 7) is 1.92. The fourth-order valence-corrected chi connectivity index (χ4v) is 1.38. The molecule has 0 aliphatic heterocycles. The van der Waals surface area contributed by atoms with Crippen molar-refractivity contribution in [1.29, 1.82) is 0 Å². The van der Waals surface area contributed by atoms with Gasteiger partial charge < -0.3 is 10.5 Å². The SMILES string of the molecule is COC(C)c1nc(N)cc(C2CC2)n1. The summed E-state index contributed by atoms with van der Waals surface area (Å²) < 4.78 is 5.17. The van der Waals surface area contributed by atoms with Crippen LogP contribution < -0.4 is 5.73 Å². The van der Waals surface area contributed by atoms with E-state index >= 15 is 0 Å². The Hall–Kier alpha value is -1.16. The van der Waals surface area contributed by atoms with E-state index in [-0.39, 0.29) is 6.10 Å². The monoisotopic (exact) mass is 193 g/mol. The minimum atomic E-state index is -0.0870. The molecule has 0 bridgehead atoms. The van der Waals surface area contributed by atoms with Crippen LogP contribution in [0.1, 0.15) is 43.3 Å². The molecule has 1 atom stereocenters.